The van der Waals surface area contributed by atoms with Crippen molar-refractivity contribution in [2.24, 2.45) is 0 Å². The number of benzene rings is 8. The molecule has 0 unspecified atom stereocenters. The van der Waals surface area contributed by atoms with Crippen LogP contribution in [0.2, 0.25) is 0 Å². The van der Waals surface area contributed by atoms with Crippen molar-refractivity contribution in [3.8, 4) is 39.1 Å². The molecule has 0 saturated carbocycles. The number of para-hydroxylation sites is 2. The molecular formula is C67H70N2. The molecule has 1 heterocycles. The predicted molar refractivity (Wildman–Crippen MR) is 298 cm³/mol. The van der Waals surface area contributed by atoms with Gasteiger partial charge in [0, 0.05) is 38.9 Å². The Kier molecular flexibility index (Phi) is 14.0. The molecule has 1 aliphatic rings. The number of hydrogen-bond acceptors (Lipinski definition) is 1. The third kappa shape index (κ3) is 9.44. The highest BCUT2D eigenvalue weighted by atomic mass is 15.1. The molecule has 348 valence electrons. The summed E-state index contributed by atoms with van der Waals surface area (Å²) in [5.74, 6) is 0. The van der Waals surface area contributed by atoms with Gasteiger partial charge in [0.25, 0.3) is 0 Å². The van der Waals surface area contributed by atoms with Crippen molar-refractivity contribution >= 4 is 38.9 Å². The van der Waals surface area contributed by atoms with Gasteiger partial charge in [0.2, 0.25) is 0 Å². The van der Waals surface area contributed by atoms with Crippen LogP contribution in [0, 0.1) is 13.8 Å². The standard InChI is InChI=1S/C67H70N2/c1-5-7-9-11-13-23-41-67(42-24-14-12-10-8-6-2)63-46-53(54-44-49(3)43-50(4)45-54)33-38-59(63)60-39-36-58(48-64(60)67)69-65-30-22-21-29-61(65)62-47-57(37-40-66(62)69)68(55-27-19-16-20-28-55)56-34-31-52(32-35-56)51-25-17-15-18-26-51/h15-22,25-40,43-48H,5-14,23-24,41-42H2,1-4H3. The molecule has 1 aromatic heterocycles. The lowest BCUT2D eigenvalue weighted by molar-refractivity contribution is 0.398. The zero-order chi connectivity index (χ0) is 47.2. The highest BCUT2D eigenvalue weighted by Crippen LogP contribution is 2.56. The molecular weight excluding hydrogens is 833 g/mol. The van der Waals surface area contributed by atoms with Gasteiger partial charge in [-0.1, -0.05) is 217 Å². The van der Waals surface area contributed by atoms with E-state index in [9.17, 15) is 0 Å². The van der Waals surface area contributed by atoms with Crippen LogP contribution >= 0.6 is 0 Å². The number of nitrogens with zero attached hydrogens (tertiary/aromatic N) is 2. The van der Waals surface area contributed by atoms with Gasteiger partial charge in [0.1, 0.15) is 0 Å². The first-order valence-corrected chi connectivity index (χ1v) is 26.4. The molecule has 10 rings (SSSR count). The van der Waals surface area contributed by atoms with Crippen molar-refractivity contribution in [3.05, 3.63) is 204 Å². The lowest BCUT2D eigenvalue weighted by atomic mass is 9.70. The zero-order valence-corrected chi connectivity index (χ0v) is 41.6. The van der Waals surface area contributed by atoms with E-state index in [4.69, 9.17) is 0 Å². The molecule has 0 bridgehead atoms. The van der Waals surface area contributed by atoms with Crippen LogP contribution in [0.3, 0.4) is 0 Å². The van der Waals surface area contributed by atoms with Gasteiger partial charge in [-0.3, -0.25) is 0 Å². The van der Waals surface area contributed by atoms with Crippen LogP contribution in [0.25, 0.3) is 60.9 Å². The van der Waals surface area contributed by atoms with Crippen LogP contribution in [0.1, 0.15) is 126 Å². The molecule has 0 atom stereocenters. The summed E-state index contributed by atoms with van der Waals surface area (Å²) in [6.45, 7) is 9.13. The first-order valence-electron chi connectivity index (χ1n) is 26.4. The maximum absolute atomic E-state index is 2.63. The Morgan fingerprint density at radius 2 is 0.899 bits per heavy atom. The van der Waals surface area contributed by atoms with Crippen LogP contribution in [-0.2, 0) is 5.41 Å². The van der Waals surface area contributed by atoms with Gasteiger partial charge in [0.05, 0.1) is 11.0 Å². The van der Waals surface area contributed by atoms with E-state index in [1.165, 1.54) is 167 Å². The van der Waals surface area contributed by atoms with E-state index in [-0.39, 0.29) is 5.41 Å². The topological polar surface area (TPSA) is 8.17 Å². The minimum atomic E-state index is -0.0523. The number of unbranched alkanes of at least 4 members (excludes halogenated alkanes) is 10. The summed E-state index contributed by atoms with van der Waals surface area (Å²) in [5, 5.41) is 2.53. The number of hydrogen-bond donors (Lipinski definition) is 0. The molecule has 2 heteroatoms. The van der Waals surface area contributed by atoms with E-state index in [1.807, 2.05) is 0 Å². The van der Waals surface area contributed by atoms with Crippen molar-refractivity contribution in [2.75, 3.05) is 4.90 Å². The van der Waals surface area contributed by atoms with Gasteiger partial charge in [-0.25, -0.2) is 0 Å². The summed E-state index contributed by atoms with van der Waals surface area (Å²) in [4.78, 5) is 2.40. The van der Waals surface area contributed by atoms with Crippen molar-refractivity contribution in [3.63, 3.8) is 0 Å². The Labute approximate surface area is 412 Å². The first kappa shape index (κ1) is 46.1. The number of fused-ring (bicyclic) bond motifs is 6. The maximum atomic E-state index is 2.63. The molecule has 9 aromatic rings. The highest BCUT2D eigenvalue weighted by molar-refractivity contribution is 6.11. The predicted octanol–water partition coefficient (Wildman–Crippen LogP) is 20.0. The fourth-order valence-corrected chi connectivity index (χ4v) is 11.9. The average Bonchev–Trinajstić information content (AvgIpc) is 3.85. The molecule has 0 fully saturated rings. The third-order valence-corrected chi connectivity index (χ3v) is 15.2. The zero-order valence-electron chi connectivity index (χ0n) is 41.6. The summed E-state index contributed by atoms with van der Waals surface area (Å²) >= 11 is 0. The van der Waals surface area contributed by atoms with Gasteiger partial charge in [0.15, 0.2) is 0 Å². The van der Waals surface area contributed by atoms with Crippen LogP contribution in [0.4, 0.5) is 17.1 Å². The highest BCUT2D eigenvalue weighted by Gasteiger charge is 2.43. The maximum Gasteiger partial charge on any atom is 0.0542 e. The smallest absolute Gasteiger partial charge is 0.0542 e. The van der Waals surface area contributed by atoms with Gasteiger partial charge in [-0.2, -0.15) is 0 Å². The van der Waals surface area contributed by atoms with Gasteiger partial charge in [-0.05, 0) is 138 Å². The summed E-state index contributed by atoms with van der Waals surface area (Å²) in [5.41, 5.74) is 20.8. The lowest BCUT2D eigenvalue weighted by Crippen LogP contribution is -2.26. The van der Waals surface area contributed by atoms with E-state index in [0.717, 1.165) is 17.1 Å². The Bertz CT molecular complexity index is 3120. The number of rotatable bonds is 20. The monoisotopic (exact) mass is 903 g/mol. The van der Waals surface area contributed by atoms with Crippen molar-refractivity contribution < 1.29 is 0 Å². The van der Waals surface area contributed by atoms with E-state index in [2.05, 4.69) is 219 Å². The molecule has 0 amide bonds. The largest absolute Gasteiger partial charge is 0.310 e. The molecule has 1 aliphatic carbocycles. The molecule has 0 radical (unpaired) electrons. The second-order valence-electron chi connectivity index (χ2n) is 20.1. The van der Waals surface area contributed by atoms with Crippen LogP contribution in [0.5, 0.6) is 0 Å². The van der Waals surface area contributed by atoms with E-state index in [1.54, 1.807) is 5.56 Å². The van der Waals surface area contributed by atoms with Crippen LogP contribution in [0.15, 0.2) is 182 Å². The number of aromatic nitrogens is 1. The number of anilines is 3. The SMILES string of the molecule is CCCCCCCCC1(CCCCCCCC)c2cc(-c3cc(C)cc(C)c3)ccc2-c2ccc(-n3c4ccccc4c4cc(N(c5ccccc5)c5ccc(-c6ccccc6)cc5)ccc43)cc21. The van der Waals surface area contributed by atoms with Gasteiger partial charge < -0.3 is 9.47 Å². The Morgan fingerprint density at radius 3 is 1.58 bits per heavy atom. The van der Waals surface area contributed by atoms with E-state index >= 15 is 0 Å². The lowest BCUT2D eigenvalue weighted by Gasteiger charge is -2.33. The molecule has 69 heavy (non-hydrogen) atoms. The second kappa shape index (κ2) is 20.9. The Balaban J connectivity index is 1.10. The van der Waals surface area contributed by atoms with Crippen molar-refractivity contribution in [1.82, 2.24) is 4.57 Å². The summed E-state index contributed by atoms with van der Waals surface area (Å²) in [6, 6.07) is 68.8. The fourth-order valence-electron chi connectivity index (χ4n) is 11.9. The number of aryl methyl sites for hydroxylation is 2. The van der Waals surface area contributed by atoms with Crippen LogP contribution < -0.4 is 4.90 Å². The van der Waals surface area contributed by atoms with E-state index < -0.39 is 0 Å². The normalized spacial score (nSPS) is 12.7. The molecule has 2 nitrogen and oxygen atoms in total. The van der Waals surface area contributed by atoms with Gasteiger partial charge >= 0.3 is 0 Å². The quantitative estimate of drug-likeness (QED) is 0.0692. The van der Waals surface area contributed by atoms with Crippen LogP contribution in [-0.4, -0.2) is 4.57 Å². The second-order valence-corrected chi connectivity index (χ2v) is 20.1. The third-order valence-electron chi connectivity index (χ3n) is 15.2. The van der Waals surface area contributed by atoms with E-state index in [0.29, 0.717) is 0 Å². The summed E-state index contributed by atoms with van der Waals surface area (Å²) in [6.07, 6.45) is 18.0. The summed E-state index contributed by atoms with van der Waals surface area (Å²) < 4.78 is 2.56. The molecule has 0 saturated heterocycles. The van der Waals surface area contributed by atoms with Crippen molar-refractivity contribution in [1.29, 1.82) is 0 Å². The molecule has 0 spiro atoms. The molecule has 8 aromatic carbocycles. The Morgan fingerprint density at radius 1 is 0.377 bits per heavy atom. The Hall–Kier alpha value is -6.64. The van der Waals surface area contributed by atoms with Crippen molar-refractivity contribution in [2.45, 2.75) is 123 Å². The van der Waals surface area contributed by atoms with Gasteiger partial charge in [-0.15, -0.1) is 0 Å². The first-order chi connectivity index (χ1) is 34.0. The summed E-state index contributed by atoms with van der Waals surface area (Å²) in [7, 11) is 0. The average molecular weight is 903 g/mol. The molecule has 0 N–H and O–H groups in total. The molecule has 0 aliphatic heterocycles. The fraction of sp³-hybridized carbons (Fsp3) is 0.284. The minimum Gasteiger partial charge on any atom is -0.310 e. The minimum absolute atomic E-state index is 0.0523.